The molecule has 1 unspecified atom stereocenters. The molecule has 0 heterocycles. The molecule has 1 aliphatic carbocycles. The Morgan fingerprint density at radius 2 is 2.17 bits per heavy atom. The van der Waals surface area contributed by atoms with Gasteiger partial charge < -0.3 is 10.2 Å². The van der Waals surface area contributed by atoms with Gasteiger partial charge in [-0.15, -0.1) is 0 Å². The zero-order valence-corrected chi connectivity index (χ0v) is 6.83. The minimum absolute atomic E-state index is 0.294. The highest BCUT2D eigenvalue weighted by Crippen LogP contribution is 2.31. The number of aliphatic hydroxyl groups is 1. The van der Waals surface area contributed by atoms with Crippen LogP contribution in [0.15, 0.2) is 18.2 Å². The van der Waals surface area contributed by atoms with Gasteiger partial charge >= 0.3 is 0 Å². The van der Waals surface area contributed by atoms with Crippen molar-refractivity contribution in [1.82, 2.24) is 0 Å². The van der Waals surface area contributed by atoms with Crippen LogP contribution in [-0.2, 0) is 6.42 Å². The number of hydrogen-bond donors (Lipinski definition) is 2. The summed E-state index contributed by atoms with van der Waals surface area (Å²) in [7, 11) is 0. The predicted octanol–water partition coefficient (Wildman–Crippen LogP) is 1.76. The van der Waals surface area contributed by atoms with Crippen LogP contribution in [0.2, 0.25) is 0 Å². The van der Waals surface area contributed by atoms with E-state index in [2.05, 4.69) is 0 Å². The minimum Gasteiger partial charge on any atom is -0.508 e. The number of aromatic hydroxyl groups is 1. The number of aliphatic hydroxyl groups excluding tert-OH is 1. The zero-order chi connectivity index (χ0) is 8.55. The summed E-state index contributed by atoms with van der Waals surface area (Å²) in [5.41, 5.74) is 2.08. The second-order valence-electron chi connectivity index (χ2n) is 3.29. The maximum Gasteiger partial charge on any atom is 0.115 e. The highest BCUT2D eigenvalue weighted by Gasteiger charge is 2.17. The van der Waals surface area contributed by atoms with E-state index in [0.29, 0.717) is 5.75 Å². The highest BCUT2D eigenvalue weighted by atomic mass is 16.3. The van der Waals surface area contributed by atoms with Crippen LogP contribution in [0.4, 0.5) is 0 Å². The molecule has 2 heteroatoms. The third-order valence-electron chi connectivity index (χ3n) is 2.41. The summed E-state index contributed by atoms with van der Waals surface area (Å²) in [6.07, 6.45) is 2.50. The number of benzene rings is 1. The van der Waals surface area contributed by atoms with Gasteiger partial charge in [0.15, 0.2) is 0 Å². The van der Waals surface area contributed by atoms with Gasteiger partial charge in [-0.25, -0.2) is 0 Å². The van der Waals surface area contributed by atoms with Gasteiger partial charge in [-0.3, -0.25) is 0 Å². The standard InChI is InChI=1S/C10H12O2/c11-8-4-5-9-7(6-8)2-1-3-10(9)12/h4-6,10-12H,1-3H2. The summed E-state index contributed by atoms with van der Waals surface area (Å²) in [5.74, 6) is 0.294. The van der Waals surface area contributed by atoms with Gasteiger partial charge in [0.2, 0.25) is 0 Å². The predicted molar refractivity (Wildman–Crippen MR) is 46.0 cm³/mol. The number of hydrogen-bond acceptors (Lipinski definition) is 2. The van der Waals surface area contributed by atoms with Crippen molar-refractivity contribution in [3.63, 3.8) is 0 Å². The monoisotopic (exact) mass is 164 g/mol. The van der Waals surface area contributed by atoms with Crippen molar-refractivity contribution < 1.29 is 10.2 Å². The topological polar surface area (TPSA) is 40.5 Å². The zero-order valence-electron chi connectivity index (χ0n) is 6.83. The molecule has 1 aromatic rings. The lowest BCUT2D eigenvalue weighted by atomic mass is 9.89. The second-order valence-corrected chi connectivity index (χ2v) is 3.29. The van der Waals surface area contributed by atoms with E-state index in [1.165, 1.54) is 0 Å². The van der Waals surface area contributed by atoms with Crippen LogP contribution in [0.3, 0.4) is 0 Å². The molecule has 2 nitrogen and oxygen atoms in total. The van der Waals surface area contributed by atoms with Crippen LogP contribution < -0.4 is 0 Å². The molecule has 0 spiro atoms. The SMILES string of the molecule is Oc1ccc2c(c1)CCCC2O. The van der Waals surface area contributed by atoms with Crippen molar-refractivity contribution in [1.29, 1.82) is 0 Å². The molecular weight excluding hydrogens is 152 g/mol. The van der Waals surface area contributed by atoms with E-state index in [1.807, 2.05) is 6.07 Å². The lowest BCUT2D eigenvalue weighted by Gasteiger charge is -2.20. The molecule has 64 valence electrons. The van der Waals surface area contributed by atoms with Gasteiger partial charge in [-0.05, 0) is 42.5 Å². The number of aryl methyl sites for hydroxylation is 1. The van der Waals surface area contributed by atoms with Crippen LogP contribution in [0, 0.1) is 0 Å². The first-order chi connectivity index (χ1) is 5.77. The van der Waals surface area contributed by atoms with Crippen LogP contribution in [0.1, 0.15) is 30.1 Å². The number of phenols is 1. The smallest absolute Gasteiger partial charge is 0.115 e. The fourth-order valence-corrected chi connectivity index (χ4v) is 1.78. The summed E-state index contributed by atoms with van der Waals surface area (Å²) < 4.78 is 0. The van der Waals surface area contributed by atoms with Crippen LogP contribution in [-0.4, -0.2) is 10.2 Å². The number of rotatable bonds is 0. The van der Waals surface area contributed by atoms with Gasteiger partial charge in [0.05, 0.1) is 6.10 Å². The van der Waals surface area contributed by atoms with E-state index in [-0.39, 0.29) is 6.10 Å². The van der Waals surface area contributed by atoms with Crippen LogP contribution in [0.25, 0.3) is 0 Å². The molecule has 1 aliphatic rings. The lowest BCUT2D eigenvalue weighted by Crippen LogP contribution is -2.08. The molecule has 0 aromatic heterocycles. The Morgan fingerprint density at radius 3 is 3.00 bits per heavy atom. The fourth-order valence-electron chi connectivity index (χ4n) is 1.78. The van der Waals surface area contributed by atoms with Gasteiger partial charge in [0, 0.05) is 0 Å². The molecule has 1 atom stereocenters. The lowest BCUT2D eigenvalue weighted by molar-refractivity contribution is 0.156. The molecule has 1 aromatic carbocycles. The second kappa shape index (κ2) is 2.79. The first-order valence-electron chi connectivity index (χ1n) is 4.27. The van der Waals surface area contributed by atoms with Crippen molar-refractivity contribution in [2.24, 2.45) is 0 Å². The fraction of sp³-hybridized carbons (Fsp3) is 0.400. The van der Waals surface area contributed by atoms with Gasteiger partial charge in [0.1, 0.15) is 5.75 Å². The van der Waals surface area contributed by atoms with E-state index in [4.69, 9.17) is 0 Å². The first-order valence-corrected chi connectivity index (χ1v) is 4.27. The Balaban J connectivity index is 2.46. The van der Waals surface area contributed by atoms with E-state index >= 15 is 0 Å². The van der Waals surface area contributed by atoms with E-state index in [9.17, 15) is 10.2 Å². The molecule has 0 amide bonds. The summed E-state index contributed by atoms with van der Waals surface area (Å²) in [4.78, 5) is 0. The van der Waals surface area contributed by atoms with Crippen molar-refractivity contribution in [3.05, 3.63) is 29.3 Å². The molecule has 2 N–H and O–H groups in total. The Morgan fingerprint density at radius 1 is 1.33 bits per heavy atom. The third kappa shape index (κ3) is 1.18. The molecule has 2 rings (SSSR count). The summed E-state index contributed by atoms with van der Waals surface area (Å²) in [5, 5.41) is 18.8. The van der Waals surface area contributed by atoms with E-state index in [0.717, 1.165) is 30.4 Å². The summed E-state index contributed by atoms with van der Waals surface area (Å²) in [6, 6.07) is 5.19. The Bertz CT molecular complexity index is 294. The van der Waals surface area contributed by atoms with Crippen molar-refractivity contribution in [2.75, 3.05) is 0 Å². The molecule has 0 saturated carbocycles. The normalized spacial score (nSPS) is 21.9. The molecular formula is C10H12O2. The van der Waals surface area contributed by atoms with Crippen molar-refractivity contribution in [2.45, 2.75) is 25.4 Å². The highest BCUT2D eigenvalue weighted by molar-refractivity contribution is 5.37. The molecule has 0 aliphatic heterocycles. The van der Waals surface area contributed by atoms with Gasteiger partial charge in [0.25, 0.3) is 0 Å². The van der Waals surface area contributed by atoms with E-state index < -0.39 is 0 Å². The van der Waals surface area contributed by atoms with Crippen molar-refractivity contribution in [3.8, 4) is 5.75 Å². The third-order valence-corrected chi connectivity index (χ3v) is 2.41. The number of phenolic OH excluding ortho intramolecular Hbond substituents is 1. The van der Waals surface area contributed by atoms with Crippen LogP contribution in [0.5, 0.6) is 5.75 Å². The van der Waals surface area contributed by atoms with Gasteiger partial charge in [-0.1, -0.05) is 6.07 Å². The molecule has 12 heavy (non-hydrogen) atoms. The first kappa shape index (κ1) is 7.62. The Kier molecular flexibility index (Phi) is 1.77. The van der Waals surface area contributed by atoms with Gasteiger partial charge in [-0.2, -0.15) is 0 Å². The average Bonchev–Trinajstić information content (AvgIpc) is 2.04. The maximum absolute atomic E-state index is 9.57. The van der Waals surface area contributed by atoms with E-state index in [1.54, 1.807) is 12.1 Å². The Hall–Kier alpha value is -1.02. The average molecular weight is 164 g/mol. The summed E-state index contributed by atoms with van der Waals surface area (Å²) in [6.45, 7) is 0. The minimum atomic E-state index is -0.325. The quantitative estimate of drug-likeness (QED) is 0.613. The maximum atomic E-state index is 9.57. The summed E-state index contributed by atoms with van der Waals surface area (Å²) >= 11 is 0. The molecule has 0 bridgehead atoms. The molecule has 0 fully saturated rings. The molecule has 0 radical (unpaired) electrons. The largest absolute Gasteiger partial charge is 0.508 e. The Labute approximate surface area is 71.5 Å². The van der Waals surface area contributed by atoms with Crippen LogP contribution >= 0.6 is 0 Å². The van der Waals surface area contributed by atoms with Crippen molar-refractivity contribution >= 4 is 0 Å². The molecule has 0 saturated heterocycles. The number of fused-ring (bicyclic) bond motifs is 1.